The smallest absolute Gasteiger partial charge is 0.221 e. The molecular formula is C11H10N2O. The quantitative estimate of drug-likeness (QED) is 0.719. The first kappa shape index (κ1) is 10.0. The molecule has 70 valence electrons. The average molecular weight is 186 g/mol. The van der Waals surface area contributed by atoms with Crippen molar-refractivity contribution in [3.63, 3.8) is 0 Å². The number of anilines is 1. The van der Waals surface area contributed by atoms with Crippen molar-refractivity contribution in [3.05, 3.63) is 35.9 Å². The van der Waals surface area contributed by atoms with E-state index < -0.39 is 0 Å². The number of amides is 1. The molecule has 0 bridgehead atoms. The van der Waals surface area contributed by atoms with Crippen molar-refractivity contribution in [1.29, 1.82) is 5.26 Å². The molecule has 0 radical (unpaired) electrons. The van der Waals surface area contributed by atoms with E-state index in [2.05, 4.69) is 5.32 Å². The maximum Gasteiger partial charge on any atom is 0.221 e. The van der Waals surface area contributed by atoms with Crippen molar-refractivity contribution >= 4 is 17.7 Å². The molecule has 0 spiro atoms. The summed E-state index contributed by atoms with van der Waals surface area (Å²) >= 11 is 0. The van der Waals surface area contributed by atoms with Crippen LogP contribution in [0.15, 0.2) is 30.3 Å². The lowest BCUT2D eigenvalue weighted by Crippen LogP contribution is -2.06. The summed E-state index contributed by atoms with van der Waals surface area (Å²) < 4.78 is 0. The number of benzene rings is 1. The fourth-order valence-electron chi connectivity index (χ4n) is 1.07. The van der Waals surface area contributed by atoms with Crippen molar-refractivity contribution in [2.24, 2.45) is 0 Å². The highest BCUT2D eigenvalue weighted by atomic mass is 16.1. The number of hydrogen-bond donors (Lipinski definition) is 1. The highest BCUT2D eigenvalue weighted by Gasteiger charge is 1.98. The van der Waals surface area contributed by atoms with Crippen molar-refractivity contribution in [2.45, 2.75) is 6.92 Å². The Hall–Kier alpha value is -2.08. The van der Waals surface area contributed by atoms with Gasteiger partial charge in [-0.1, -0.05) is 18.2 Å². The zero-order chi connectivity index (χ0) is 10.4. The number of nitrogens with zero attached hydrogens (tertiary/aromatic N) is 1. The summed E-state index contributed by atoms with van der Waals surface area (Å²) in [6, 6.07) is 9.20. The maximum absolute atomic E-state index is 10.8. The van der Waals surface area contributed by atoms with E-state index in [1.165, 1.54) is 13.0 Å². The van der Waals surface area contributed by atoms with E-state index in [0.717, 1.165) is 5.56 Å². The minimum Gasteiger partial charge on any atom is -0.326 e. The van der Waals surface area contributed by atoms with Crippen molar-refractivity contribution in [3.8, 4) is 6.07 Å². The first-order chi connectivity index (χ1) is 6.74. The van der Waals surface area contributed by atoms with Crippen LogP contribution in [0.2, 0.25) is 0 Å². The number of nitriles is 1. The fraction of sp³-hybridized carbons (Fsp3) is 0.0909. The maximum atomic E-state index is 10.8. The highest BCUT2D eigenvalue weighted by Crippen LogP contribution is 2.16. The van der Waals surface area contributed by atoms with Gasteiger partial charge in [-0.25, -0.2) is 0 Å². The van der Waals surface area contributed by atoms with Crippen molar-refractivity contribution in [1.82, 2.24) is 0 Å². The zero-order valence-corrected chi connectivity index (χ0v) is 7.82. The van der Waals surface area contributed by atoms with Crippen LogP contribution in [0, 0.1) is 11.3 Å². The van der Waals surface area contributed by atoms with E-state index in [9.17, 15) is 4.79 Å². The van der Waals surface area contributed by atoms with E-state index in [1.807, 2.05) is 24.3 Å². The number of carbonyl (C=O) groups is 1. The third-order valence-electron chi connectivity index (χ3n) is 1.61. The summed E-state index contributed by atoms with van der Waals surface area (Å²) in [6.45, 7) is 1.45. The van der Waals surface area contributed by atoms with Gasteiger partial charge in [-0.3, -0.25) is 4.79 Å². The molecule has 0 aliphatic carbocycles. The minimum absolute atomic E-state index is 0.122. The first-order valence-corrected chi connectivity index (χ1v) is 4.17. The number of carbonyl (C=O) groups excluding carboxylic acids is 1. The Morgan fingerprint density at radius 2 is 2.21 bits per heavy atom. The average Bonchev–Trinajstić information content (AvgIpc) is 2.16. The van der Waals surface area contributed by atoms with Crippen LogP contribution in [0.5, 0.6) is 0 Å². The van der Waals surface area contributed by atoms with Gasteiger partial charge in [-0.05, 0) is 17.7 Å². The number of para-hydroxylation sites is 1. The van der Waals surface area contributed by atoms with Gasteiger partial charge < -0.3 is 5.32 Å². The molecule has 0 aliphatic rings. The molecule has 14 heavy (non-hydrogen) atoms. The van der Waals surface area contributed by atoms with Crippen LogP contribution in [0.1, 0.15) is 12.5 Å². The molecule has 3 nitrogen and oxygen atoms in total. The predicted molar refractivity (Wildman–Crippen MR) is 55.4 cm³/mol. The van der Waals surface area contributed by atoms with Gasteiger partial charge in [-0.2, -0.15) is 5.26 Å². The lowest BCUT2D eigenvalue weighted by molar-refractivity contribution is -0.114. The molecule has 1 amide bonds. The number of nitrogens with one attached hydrogen (secondary N) is 1. The largest absolute Gasteiger partial charge is 0.326 e. The molecule has 1 rings (SSSR count). The Morgan fingerprint density at radius 1 is 1.50 bits per heavy atom. The zero-order valence-electron chi connectivity index (χ0n) is 7.82. The molecular weight excluding hydrogens is 176 g/mol. The Bertz CT molecular complexity index is 402. The van der Waals surface area contributed by atoms with E-state index in [4.69, 9.17) is 5.26 Å². The van der Waals surface area contributed by atoms with Gasteiger partial charge in [-0.15, -0.1) is 0 Å². The Balaban J connectivity index is 2.98. The molecule has 0 aromatic heterocycles. The molecule has 0 saturated heterocycles. The highest BCUT2D eigenvalue weighted by molar-refractivity contribution is 5.91. The normalized spacial score (nSPS) is 9.71. The Labute approximate surface area is 82.7 Å². The standard InChI is InChI=1S/C11H10N2O/c1-9(14)13-11-7-3-2-5-10(11)6-4-8-12/h2-7H,1H3,(H,13,14)/b6-4+. The summed E-state index contributed by atoms with van der Waals surface area (Å²) in [5, 5.41) is 11.1. The van der Waals surface area contributed by atoms with Crippen LogP contribution in [0.4, 0.5) is 5.69 Å². The van der Waals surface area contributed by atoms with E-state index in [1.54, 1.807) is 12.1 Å². The second-order valence-electron chi connectivity index (χ2n) is 2.73. The SMILES string of the molecule is CC(=O)Nc1ccccc1/C=C/C#N. The Morgan fingerprint density at radius 3 is 2.86 bits per heavy atom. The van der Waals surface area contributed by atoms with Crippen LogP contribution < -0.4 is 5.32 Å². The lowest BCUT2D eigenvalue weighted by atomic mass is 10.1. The summed E-state index contributed by atoms with van der Waals surface area (Å²) in [6.07, 6.45) is 3.03. The lowest BCUT2D eigenvalue weighted by Gasteiger charge is -2.04. The van der Waals surface area contributed by atoms with Crippen molar-refractivity contribution in [2.75, 3.05) is 5.32 Å². The van der Waals surface area contributed by atoms with E-state index >= 15 is 0 Å². The summed E-state index contributed by atoms with van der Waals surface area (Å²) in [5.74, 6) is -0.122. The first-order valence-electron chi connectivity index (χ1n) is 4.17. The van der Waals surface area contributed by atoms with Gasteiger partial charge in [0.25, 0.3) is 0 Å². The molecule has 1 N–H and O–H groups in total. The molecule has 3 heteroatoms. The van der Waals surface area contributed by atoms with Gasteiger partial charge >= 0.3 is 0 Å². The Kier molecular flexibility index (Phi) is 3.45. The monoisotopic (exact) mass is 186 g/mol. The fourth-order valence-corrected chi connectivity index (χ4v) is 1.07. The van der Waals surface area contributed by atoms with Crippen LogP contribution in [-0.2, 0) is 4.79 Å². The summed E-state index contributed by atoms with van der Waals surface area (Å²) in [7, 11) is 0. The van der Waals surface area contributed by atoms with Crippen LogP contribution >= 0.6 is 0 Å². The second-order valence-corrected chi connectivity index (χ2v) is 2.73. The molecule has 0 saturated carbocycles. The summed E-state index contributed by atoms with van der Waals surface area (Å²) in [4.78, 5) is 10.8. The van der Waals surface area contributed by atoms with Gasteiger partial charge in [0, 0.05) is 18.7 Å². The molecule has 0 aliphatic heterocycles. The topological polar surface area (TPSA) is 52.9 Å². The minimum atomic E-state index is -0.122. The second kappa shape index (κ2) is 4.83. The van der Waals surface area contributed by atoms with E-state index in [0.29, 0.717) is 5.69 Å². The predicted octanol–water partition coefficient (Wildman–Crippen LogP) is 2.18. The summed E-state index contributed by atoms with van der Waals surface area (Å²) in [5.41, 5.74) is 1.54. The molecule has 0 atom stereocenters. The van der Waals surface area contributed by atoms with Crippen LogP contribution in [0.3, 0.4) is 0 Å². The number of hydrogen-bond acceptors (Lipinski definition) is 2. The number of rotatable bonds is 2. The molecule has 0 unspecified atom stereocenters. The van der Waals surface area contributed by atoms with Gasteiger partial charge in [0.05, 0.1) is 6.07 Å². The van der Waals surface area contributed by atoms with Gasteiger partial charge in [0.1, 0.15) is 0 Å². The molecule has 1 aromatic rings. The van der Waals surface area contributed by atoms with Gasteiger partial charge in [0.15, 0.2) is 0 Å². The van der Waals surface area contributed by atoms with E-state index in [-0.39, 0.29) is 5.91 Å². The molecule has 1 aromatic carbocycles. The molecule has 0 heterocycles. The van der Waals surface area contributed by atoms with Crippen molar-refractivity contribution < 1.29 is 4.79 Å². The van der Waals surface area contributed by atoms with Crippen LogP contribution in [0.25, 0.3) is 6.08 Å². The third-order valence-corrected chi connectivity index (χ3v) is 1.61. The van der Waals surface area contributed by atoms with Gasteiger partial charge in [0.2, 0.25) is 5.91 Å². The van der Waals surface area contributed by atoms with Crippen LogP contribution in [-0.4, -0.2) is 5.91 Å². The molecule has 0 fully saturated rings. The number of allylic oxidation sites excluding steroid dienone is 1. The third kappa shape index (κ3) is 2.76.